The Hall–Kier alpha value is -1.81. The van der Waals surface area contributed by atoms with Crippen LogP contribution in [0.5, 0.6) is 5.75 Å². The number of hydrogen-bond acceptors (Lipinski definition) is 4. The van der Waals surface area contributed by atoms with Crippen molar-refractivity contribution in [1.29, 1.82) is 0 Å². The second-order valence-electron chi connectivity index (χ2n) is 3.86. The molecule has 0 heterocycles. The Balaban J connectivity index is 2.61. The standard InChI is InChI=1S/C13H18N2O2/c1-4-13(14-17-10-9-15(2)3)11-5-7-12(16)8-6-11/h4-8,16H,1,9-10H2,2-3H3. The fourth-order valence-electron chi connectivity index (χ4n) is 1.18. The highest BCUT2D eigenvalue weighted by molar-refractivity contribution is 6.08. The zero-order chi connectivity index (χ0) is 12.7. The molecule has 0 amide bonds. The summed E-state index contributed by atoms with van der Waals surface area (Å²) in [6.45, 7) is 5.03. The molecule has 0 aromatic heterocycles. The van der Waals surface area contributed by atoms with Crippen LogP contribution >= 0.6 is 0 Å². The molecule has 4 heteroatoms. The zero-order valence-corrected chi connectivity index (χ0v) is 10.3. The molecule has 0 aliphatic carbocycles. The number of phenolic OH excluding ortho intramolecular Hbond substituents is 1. The lowest BCUT2D eigenvalue weighted by Gasteiger charge is -2.08. The highest BCUT2D eigenvalue weighted by Gasteiger charge is 2.00. The summed E-state index contributed by atoms with van der Waals surface area (Å²) < 4.78 is 0. The summed E-state index contributed by atoms with van der Waals surface area (Å²) in [5.41, 5.74) is 1.52. The first-order valence-corrected chi connectivity index (χ1v) is 5.40. The Morgan fingerprint density at radius 2 is 2.06 bits per heavy atom. The van der Waals surface area contributed by atoms with Gasteiger partial charge in [-0.2, -0.15) is 0 Å². The fourth-order valence-corrected chi connectivity index (χ4v) is 1.18. The number of hydrogen-bond donors (Lipinski definition) is 1. The molecule has 0 bridgehead atoms. The van der Waals surface area contributed by atoms with Gasteiger partial charge in [0.2, 0.25) is 0 Å². The van der Waals surface area contributed by atoms with Gasteiger partial charge < -0.3 is 14.8 Å². The quantitative estimate of drug-likeness (QED) is 0.464. The van der Waals surface area contributed by atoms with Gasteiger partial charge >= 0.3 is 0 Å². The largest absolute Gasteiger partial charge is 0.508 e. The van der Waals surface area contributed by atoms with Gasteiger partial charge in [0.1, 0.15) is 18.1 Å². The lowest BCUT2D eigenvalue weighted by atomic mass is 10.1. The average molecular weight is 234 g/mol. The predicted molar refractivity (Wildman–Crippen MR) is 69.3 cm³/mol. The molecule has 0 atom stereocenters. The molecule has 1 N–H and O–H groups in total. The van der Waals surface area contributed by atoms with Crippen LogP contribution in [0.3, 0.4) is 0 Å². The summed E-state index contributed by atoms with van der Waals surface area (Å²) in [4.78, 5) is 7.21. The number of nitrogens with zero attached hydrogens (tertiary/aromatic N) is 2. The van der Waals surface area contributed by atoms with Crippen LogP contribution in [0, 0.1) is 0 Å². The third kappa shape index (κ3) is 4.70. The van der Waals surface area contributed by atoms with Crippen molar-refractivity contribution in [1.82, 2.24) is 4.90 Å². The minimum atomic E-state index is 0.227. The molecule has 17 heavy (non-hydrogen) atoms. The molecule has 0 saturated heterocycles. The second kappa shape index (κ2) is 6.70. The van der Waals surface area contributed by atoms with Gasteiger partial charge in [0.05, 0.1) is 0 Å². The zero-order valence-electron chi connectivity index (χ0n) is 10.3. The topological polar surface area (TPSA) is 45.1 Å². The van der Waals surface area contributed by atoms with Gasteiger partial charge in [-0.3, -0.25) is 0 Å². The number of rotatable bonds is 6. The Bertz CT molecular complexity index is 383. The van der Waals surface area contributed by atoms with E-state index in [-0.39, 0.29) is 5.75 Å². The van der Waals surface area contributed by atoms with Gasteiger partial charge in [-0.05, 0) is 44.4 Å². The monoisotopic (exact) mass is 234 g/mol. The third-order valence-electron chi connectivity index (χ3n) is 2.15. The maximum absolute atomic E-state index is 9.18. The average Bonchev–Trinajstić information content (AvgIpc) is 2.30. The Morgan fingerprint density at radius 3 is 2.59 bits per heavy atom. The van der Waals surface area contributed by atoms with Crippen LogP contribution in [0.15, 0.2) is 42.1 Å². The van der Waals surface area contributed by atoms with E-state index in [1.807, 2.05) is 19.0 Å². The third-order valence-corrected chi connectivity index (χ3v) is 2.15. The Labute approximate surface area is 102 Å². The van der Waals surface area contributed by atoms with E-state index >= 15 is 0 Å². The first kappa shape index (κ1) is 13.3. The lowest BCUT2D eigenvalue weighted by molar-refractivity contribution is 0.126. The van der Waals surface area contributed by atoms with Crippen LogP contribution in [0.2, 0.25) is 0 Å². The van der Waals surface area contributed by atoms with Gasteiger partial charge in [-0.1, -0.05) is 11.7 Å². The van der Waals surface area contributed by atoms with Crippen molar-refractivity contribution >= 4 is 5.71 Å². The molecule has 0 aliphatic rings. The van der Waals surface area contributed by atoms with Crippen LogP contribution in [0.25, 0.3) is 0 Å². The van der Waals surface area contributed by atoms with Gasteiger partial charge in [0.15, 0.2) is 0 Å². The van der Waals surface area contributed by atoms with E-state index in [1.54, 1.807) is 30.3 Å². The van der Waals surface area contributed by atoms with Crippen molar-refractivity contribution < 1.29 is 9.94 Å². The van der Waals surface area contributed by atoms with Crippen molar-refractivity contribution in [3.63, 3.8) is 0 Å². The van der Waals surface area contributed by atoms with Gasteiger partial charge in [-0.25, -0.2) is 0 Å². The van der Waals surface area contributed by atoms with Crippen LogP contribution in [-0.2, 0) is 4.84 Å². The van der Waals surface area contributed by atoms with E-state index in [9.17, 15) is 5.11 Å². The van der Waals surface area contributed by atoms with Gasteiger partial charge in [0, 0.05) is 12.1 Å². The molecule has 0 unspecified atom stereocenters. The summed E-state index contributed by atoms with van der Waals surface area (Å²) in [6.07, 6.45) is 1.63. The molecular weight excluding hydrogens is 216 g/mol. The van der Waals surface area contributed by atoms with Crippen LogP contribution in [-0.4, -0.2) is 43.0 Å². The van der Waals surface area contributed by atoms with E-state index in [0.717, 1.165) is 12.1 Å². The SMILES string of the molecule is C=CC(=NOCCN(C)C)c1ccc(O)cc1. The second-order valence-corrected chi connectivity index (χ2v) is 3.86. The molecule has 0 saturated carbocycles. The Kier molecular flexibility index (Phi) is 5.23. The summed E-state index contributed by atoms with van der Waals surface area (Å²) in [5, 5.41) is 13.2. The summed E-state index contributed by atoms with van der Waals surface area (Å²) in [6, 6.07) is 6.75. The first-order valence-electron chi connectivity index (χ1n) is 5.40. The minimum Gasteiger partial charge on any atom is -0.508 e. The van der Waals surface area contributed by atoms with Crippen molar-refractivity contribution in [2.75, 3.05) is 27.2 Å². The normalized spacial score (nSPS) is 11.6. The smallest absolute Gasteiger partial charge is 0.129 e. The minimum absolute atomic E-state index is 0.227. The summed E-state index contributed by atoms with van der Waals surface area (Å²) >= 11 is 0. The van der Waals surface area contributed by atoms with Crippen molar-refractivity contribution in [2.45, 2.75) is 0 Å². The van der Waals surface area contributed by atoms with Crippen molar-refractivity contribution in [3.05, 3.63) is 42.5 Å². The number of benzene rings is 1. The molecule has 1 aromatic rings. The molecule has 0 fully saturated rings. The Morgan fingerprint density at radius 1 is 1.41 bits per heavy atom. The van der Waals surface area contributed by atoms with Crippen LogP contribution in [0.1, 0.15) is 5.56 Å². The van der Waals surface area contributed by atoms with Crippen LogP contribution in [0.4, 0.5) is 0 Å². The number of phenols is 1. The van der Waals surface area contributed by atoms with Crippen molar-refractivity contribution in [2.24, 2.45) is 5.16 Å². The number of likely N-dealkylation sites (N-methyl/N-ethyl adjacent to an activating group) is 1. The highest BCUT2D eigenvalue weighted by atomic mass is 16.6. The number of allylic oxidation sites excluding steroid dienone is 1. The summed E-state index contributed by atoms with van der Waals surface area (Å²) in [5.74, 6) is 0.227. The highest BCUT2D eigenvalue weighted by Crippen LogP contribution is 2.11. The fraction of sp³-hybridized carbons (Fsp3) is 0.308. The molecule has 92 valence electrons. The van der Waals surface area contributed by atoms with E-state index in [2.05, 4.69) is 11.7 Å². The number of oxime groups is 1. The molecule has 1 rings (SSSR count). The lowest BCUT2D eigenvalue weighted by Crippen LogP contribution is -2.17. The van der Waals surface area contributed by atoms with E-state index in [4.69, 9.17) is 4.84 Å². The van der Waals surface area contributed by atoms with E-state index in [0.29, 0.717) is 12.3 Å². The van der Waals surface area contributed by atoms with Crippen LogP contribution < -0.4 is 0 Å². The van der Waals surface area contributed by atoms with E-state index < -0.39 is 0 Å². The summed E-state index contributed by atoms with van der Waals surface area (Å²) in [7, 11) is 3.95. The van der Waals surface area contributed by atoms with Crippen molar-refractivity contribution in [3.8, 4) is 5.75 Å². The molecule has 0 radical (unpaired) electrons. The number of aromatic hydroxyl groups is 1. The molecular formula is C13H18N2O2. The molecule has 1 aromatic carbocycles. The first-order chi connectivity index (χ1) is 8.13. The van der Waals surface area contributed by atoms with E-state index in [1.165, 1.54) is 0 Å². The molecule has 0 spiro atoms. The van der Waals surface area contributed by atoms with Gasteiger partial charge in [0.25, 0.3) is 0 Å². The van der Waals surface area contributed by atoms with Gasteiger partial charge in [-0.15, -0.1) is 0 Å². The molecule has 4 nitrogen and oxygen atoms in total. The maximum Gasteiger partial charge on any atom is 0.129 e. The maximum atomic E-state index is 9.18. The predicted octanol–water partition coefficient (Wildman–Crippen LogP) is 1.86. The molecule has 0 aliphatic heterocycles.